The maximum absolute atomic E-state index is 13.0. The van der Waals surface area contributed by atoms with Gasteiger partial charge in [-0.15, -0.1) is 5.10 Å². The molecule has 3 unspecified atom stereocenters. The molecule has 0 radical (unpaired) electrons. The molecule has 1 aromatic heterocycles. The highest BCUT2D eigenvalue weighted by molar-refractivity contribution is 5.83. The van der Waals surface area contributed by atoms with E-state index in [4.69, 9.17) is 0 Å². The highest BCUT2D eigenvalue weighted by Gasteiger charge is 2.33. The van der Waals surface area contributed by atoms with Crippen LogP contribution in [0.4, 0.5) is 0 Å². The summed E-state index contributed by atoms with van der Waals surface area (Å²) in [5.41, 5.74) is 0.889. The molecule has 2 fully saturated rings. The lowest BCUT2D eigenvalue weighted by molar-refractivity contribution is -0.124. The van der Waals surface area contributed by atoms with Gasteiger partial charge in [0.25, 0.3) is 0 Å². The number of aromatic nitrogens is 4. The first-order chi connectivity index (χ1) is 12.8. The van der Waals surface area contributed by atoms with E-state index >= 15 is 0 Å². The second-order valence-corrected chi connectivity index (χ2v) is 7.35. The topological polar surface area (TPSA) is 75.9 Å². The maximum Gasteiger partial charge on any atom is 0.249 e. The monoisotopic (exact) mass is 354 g/mol. The minimum absolute atomic E-state index is 0.0450. The molecule has 2 aliphatic rings. The van der Waals surface area contributed by atoms with Crippen molar-refractivity contribution < 1.29 is 4.79 Å². The molecule has 138 valence electrons. The maximum atomic E-state index is 13.0. The first-order valence-electron chi connectivity index (χ1n) is 9.62. The van der Waals surface area contributed by atoms with Gasteiger partial charge >= 0.3 is 0 Å². The summed E-state index contributed by atoms with van der Waals surface area (Å²) >= 11 is 0. The molecule has 3 atom stereocenters. The fourth-order valence-electron chi connectivity index (χ4n) is 4.49. The molecule has 2 saturated heterocycles. The summed E-state index contributed by atoms with van der Waals surface area (Å²) in [5, 5.41) is 14.6. The van der Waals surface area contributed by atoms with Crippen LogP contribution in [-0.2, 0) is 4.79 Å². The van der Waals surface area contributed by atoms with Crippen LogP contribution in [0.1, 0.15) is 43.7 Å². The fraction of sp³-hybridized carbons (Fsp3) is 0.579. The normalized spacial score (nSPS) is 24.6. The zero-order valence-electron chi connectivity index (χ0n) is 15.0. The Morgan fingerprint density at radius 1 is 1.15 bits per heavy atom. The van der Waals surface area contributed by atoms with Crippen molar-refractivity contribution in [1.29, 1.82) is 0 Å². The van der Waals surface area contributed by atoms with Crippen molar-refractivity contribution in [2.75, 3.05) is 19.6 Å². The first kappa shape index (κ1) is 17.1. The fourth-order valence-corrected chi connectivity index (χ4v) is 4.49. The lowest BCUT2D eigenvalue weighted by atomic mass is 9.83. The van der Waals surface area contributed by atoms with E-state index in [-0.39, 0.29) is 5.91 Å². The van der Waals surface area contributed by atoms with Crippen LogP contribution in [0.25, 0.3) is 0 Å². The molecule has 0 bridgehead atoms. The third-order valence-corrected chi connectivity index (χ3v) is 5.76. The number of piperidine rings is 2. The van der Waals surface area contributed by atoms with Crippen LogP contribution in [0.15, 0.2) is 36.7 Å². The van der Waals surface area contributed by atoms with E-state index in [0.29, 0.717) is 12.0 Å². The number of nitrogens with zero attached hydrogens (tertiary/aromatic N) is 5. The van der Waals surface area contributed by atoms with Gasteiger partial charge in [-0.05, 0) is 60.7 Å². The van der Waals surface area contributed by atoms with Gasteiger partial charge in [-0.25, -0.2) is 4.68 Å². The zero-order valence-corrected chi connectivity index (χ0v) is 15.0. The Hall–Kier alpha value is -2.28. The third kappa shape index (κ3) is 3.62. The number of carbonyl (C=O) groups excluding carboxylic acids is 1. The third-order valence-electron chi connectivity index (χ3n) is 5.76. The minimum Gasteiger partial charge on any atom is -0.354 e. The van der Waals surface area contributed by atoms with Crippen LogP contribution >= 0.6 is 0 Å². The van der Waals surface area contributed by atoms with Crippen molar-refractivity contribution in [3.05, 3.63) is 42.2 Å². The number of benzene rings is 1. The number of tetrazole rings is 1. The summed E-state index contributed by atoms with van der Waals surface area (Å²) in [6, 6.07) is 9.78. The van der Waals surface area contributed by atoms with Gasteiger partial charge in [0.15, 0.2) is 6.04 Å². The molecular weight excluding hydrogens is 328 g/mol. The van der Waals surface area contributed by atoms with Crippen molar-refractivity contribution in [2.45, 2.75) is 44.2 Å². The molecule has 0 aliphatic carbocycles. The van der Waals surface area contributed by atoms with Gasteiger partial charge < -0.3 is 10.2 Å². The summed E-state index contributed by atoms with van der Waals surface area (Å²) in [5.74, 6) is 0.495. The smallest absolute Gasteiger partial charge is 0.249 e. The van der Waals surface area contributed by atoms with Crippen molar-refractivity contribution in [1.82, 2.24) is 30.4 Å². The number of hydrogen-bond acceptors (Lipinski definition) is 5. The molecule has 3 heterocycles. The van der Waals surface area contributed by atoms with E-state index in [1.165, 1.54) is 56.2 Å². The van der Waals surface area contributed by atoms with Gasteiger partial charge in [-0.1, -0.05) is 36.8 Å². The largest absolute Gasteiger partial charge is 0.354 e. The standard InChI is InChI=1S/C19H26N6O/c26-19(18(25-14-21-22-23-25)15-7-2-1-3-8-15)20-13-16-9-6-12-24-11-5-4-10-17(16)24/h1-3,7-8,14,16-18H,4-6,9-13H2,(H,20,26). The molecule has 0 saturated carbocycles. The van der Waals surface area contributed by atoms with Gasteiger partial charge in [0.1, 0.15) is 6.33 Å². The number of fused-ring (bicyclic) bond motifs is 1. The minimum atomic E-state index is -0.530. The number of nitrogens with one attached hydrogen (secondary N) is 1. The Labute approximate surface area is 153 Å². The Balaban J connectivity index is 1.45. The van der Waals surface area contributed by atoms with Gasteiger partial charge in [0.2, 0.25) is 5.91 Å². The molecule has 2 aliphatic heterocycles. The van der Waals surface area contributed by atoms with Gasteiger partial charge in [-0.3, -0.25) is 4.79 Å². The molecule has 1 N–H and O–H groups in total. The molecule has 4 rings (SSSR count). The van der Waals surface area contributed by atoms with E-state index in [1.807, 2.05) is 30.3 Å². The molecule has 2 aromatic rings. The second kappa shape index (κ2) is 7.95. The molecule has 7 nitrogen and oxygen atoms in total. The Morgan fingerprint density at radius 3 is 2.81 bits per heavy atom. The van der Waals surface area contributed by atoms with Crippen LogP contribution in [0.3, 0.4) is 0 Å². The predicted octanol–water partition coefficient (Wildman–Crippen LogP) is 1.64. The van der Waals surface area contributed by atoms with Crippen molar-refractivity contribution in [3.8, 4) is 0 Å². The second-order valence-electron chi connectivity index (χ2n) is 7.35. The Morgan fingerprint density at radius 2 is 2.00 bits per heavy atom. The Bertz CT molecular complexity index is 702. The molecule has 26 heavy (non-hydrogen) atoms. The summed E-state index contributed by atoms with van der Waals surface area (Å²) in [6.45, 7) is 3.16. The number of amides is 1. The quantitative estimate of drug-likeness (QED) is 0.883. The van der Waals surface area contributed by atoms with E-state index in [1.54, 1.807) is 0 Å². The zero-order chi connectivity index (χ0) is 17.8. The predicted molar refractivity (Wildman–Crippen MR) is 97.3 cm³/mol. The summed E-state index contributed by atoms with van der Waals surface area (Å²) < 4.78 is 1.53. The van der Waals surface area contributed by atoms with E-state index in [0.717, 1.165) is 12.1 Å². The highest BCUT2D eigenvalue weighted by atomic mass is 16.2. The van der Waals surface area contributed by atoms with E-state index in [9.17, 15) is 4.79 Å². The molecule has 1 aromatic carbocycles. The Kier molecular flexibility index (Phi) is 5.24. The number of carbonyl (C=O) groups is 1. The van der Waals surface area contributed by atoms with Crippen LogP contribution < -0.4 is 5.32 Å². The molecule has 7 heteroatoms. The highest BCUT2D eigenvalue weighted by Crippen LogP contribution is 2.30. The van der Waals surface area contributed by atoms with E-state index < -0.39 is 6.04 Å². The average Bonchev–Trinajstić information content (AvgIpc) is 3.21. The van der Waals surface area contributed by atoms with Gasteiger partial charge in [-0.2, -0.15) is 0 Å². The van der Waals surface area contributed by atoms with Crippen molar-refractivity contribution in [3.63, 3.8) is 0 Å². The van der Waals surface area contributed by atoms with Gasteiger partial charge in [0.05, 0.1) is 0 Å². The summed E-state index contributed by atoms with van der Waals surface area (Å²) in [4.78, 5) is 15.6. The van der Waals surface area contributed by atoms with Crippen molar-refractivity contribution in [2.24, 2.45) is 5.92 Å². The number of hydrogen-bond donors (Lipinski definition) is 1. The number of rotatable bonds is 5. The lowest BCUT2D eigenvalue weighted by Crippen LogP contribution is -2.51. The first-order valence-corrected chi connectivity index (χ1v) is 9.62. The van der Waals surface area contributed by atoms with Gasteiger partial charge in [0, 0.05) is 12.6 Å². The molecular formula is C19H26N6O. The van der Waals surface area contributed by atoms with E-state index in [2.05, 4.69) is 25.7 Å². The summed E-state index contributed by atoms with van der Waals surface area (Å²) in [6.07, 6.45) is 7.80. The van der Waals surface area contributed by atoms with Crippen LogP contribution in [0.2, 0.25) is 0 Å². The van der Waals surface area contributed by atoms with Crippen molar-refractivity contribution >= 4 is 5.91 Å². The lowest BCUT2D eigenvalue weighted by Gasteiger charge is -2.44. The molecule has 1 amide bonds. The van der Waals surface area contributed by atoms with Crippen LogP contribution in [0.5, 0.6) is 0 Å². The average molecular weight is 354 g/mol. The molecule has 0 spiro atoms. The van der Waals surface area contributed by atoms with Crippen LogP contribution in [-0.4, -0.2) is 56.7 Å². The summed E-state index contributed by atoms with van der Waals surface area (Å²) in [7, 11) is 0. The SMILES string of the molecule is O=C(NCC1CCCN2CCCCC12)C(c1ccccc1)n1cnnn1. The van der Waals surface area contributed by atoms with Crippen LogP contribution in [0, 0.1) is 5.92 Å².